The van der Waals surface area contributed by atoms with Gasteiger partial charge < -0.3 is 4.74 Å². The monoisotopic (exact) mass is 135 g/mol. The van der Waals surface area contributed by atoms with Crippen molar-refractivity contribution in [3.05, 3.63) is 6.42 Å². The maximum absolute atomic E-state index is 10.2. The largest absolute Gasteiger partial charge is 0.464 e. The van der Waals surface area contributed by atoms with Crippen LogP contribution in [0.1, 0.15) is 6.92 Å². The highest BCUT2D eigenvalue weighted by molar-refractivity contribution is 6.18. The van der Waals surface area contributed by atoms with E-state index in [9.17, 15) is 4.79 Å². The third-order valence-corrected chi connectivity index (χ3v) is 0.711. The molecule has 0 aromatic heterocycles. The summed E-state index contributed by atoms with van der Waals surface area (Å²) in [6, 6.07) is 0. The molecule has 0 N–H and O–H groups in total. The Hall–Kier alpha value is -0.240. The fourth-order valence-electron chi connectivity index (χ4n) is 0.223. The zero-order valence-corrected chi connectivity index (χ0v) is 5.44. The Bertz CT molecular complexity index is 72.8. The number of rotatable bonds is 3. The molecule has 47 valence electrons. The van der Waals surface area contributed by atoms with Crippen molar-refractivity contribution >= 4 is 17.6 Å². The van der Waals surface area contributed by atoms with E-state index >= 15 is 0 Å². The summed E-state index contributed by atoms with van der Waals surface area (Å²) in [4.78, 5) is 10.2. The Morgan fingerprint density at radius 3 is 2.88 bits per heavy atom. The van der Waals surface area contributed by atoms with Crippen molar-refractivity contribution in [2.75, 3.05) is 12.5 Å². The van der Waals surface area contributed by atoms with E-state index in [0.717, 1.165) is 0 Å². The molecule has 3 heteroatoms. The molecular weight excluding hydrogens is 128 g/mol. The Labute approximate surface area is 53.8 Å². The van der Waals surface area contributed by atoms with Gasteiger partial charge in [-0.1, -0.05) is 6.92 Å². The highest BCUT2D eigenvalue weighted by atomic mass is 35.5. The average Bonchev–Trinajstić information content (AvgIpc) is 1.83. The first-order chi connectivity index (χ1) is 3.81. The second-order valence-corrected chi connectivity index (χ2v) is 1.52. The fraction of sp³-hybridized carbons (Fsp3) is 0.600. The first kappa shape index (κ1) is 7.76. The van der Waals surface area contributed by atoms with Crippen LogP contribution in [0.15, 0.2) is 0 Å². The van der Waals surface area contributed by atoms with E-state index in [1.165, 1.54) is 6.42 Å². The molecule has 0 amide bonds. The van der Waals surface area contributed by atoms with Gasteiger partial charge in [0.15, 0.2) is 0 Å². The van der Waals surface area contributed by atoms with Gasteiger partial charge in [-0.15, -0.1) is 11.6 Å². The molecule has 0 atom stereocenters. The summed E-state index contributed by atoms with van der Waals surface area (Å²) in [6.07, 6.45) is 1.35. The van der Waals surface area contributed by atoms with E-state index in [4.69, 9.17) is 11.6 Å². The molecule has 0 aromatic carbocycles. The Morgan fingerprint density at radius 1 is 1.88 bits per heavy atom. The number of carbonyl (C=O) groups excluding carboxylic acids is 1. The Morgan fingerprint density at radius 2 is 2.50 bits per heavy atom. The van der Waals surface area contributed by atoms with Gasteiger partial charge in [-0.05, 0) is 0 Å². The minimum Gasteiger partial charge on any atom is -0.464 e. The van der Waals surface area contributed by atoms with Gasteiger partial charge in [-0.2, -0.15) is 0 Å². The van der Waals surface area contributed by atoms with Crippen LogP contribution in [0.25, 0.3) is 0 Å². The normalized spacial score (nSPS) is 8.75. The van der Waals surface area contributed by atoms with E-state index in [2.05, 4.69) is 4.74 Å². The number of esters is 1. The number of ether oxygens (including phenoxy) is 1. The summed E-state index contributed by atoms with van der Waals surface area (Å²) in [5.74, 6) is 0.0465. The number of carbonyl (C=O) groups is 1. The Kier molecular flexibility index (Phi) is 4.76. The molecule has 0 aliphatic carbocycles. The predicted octanol–water partition coefficient (Wildman–Crippen LogP) is 0.993. The lowest BCUT2D eigenvalue weighted by Gasteiger charge is -1.96. The first-order valence-corrected chi connectivity index (χ1v) is 2.86. The lowest BCUT2D eigenvalue weighted by molar-refractivity contribution is -0.138. The standard InChI is InChI=1S/C5H8ClO2/c1-2-5(7)8-4-3-6/h2H,3-4H2,1H3. The van der Waals surface area contributed by atoms with Crippen molar-refractivity contribution in [3.8, 4) is 0 Å². The second kappa shape index (κ2) is 4.91. The van der Waals surface area contributed by atoms with Crippen molar-refractivity contribution in [2.24, 2.45) is 0 Å². The molecule has 2 nitrogen and oxygen atoms in total. The number of hydrogen-bond acceptors (Lipinski definition) is 2. The van der Waals surface area contributed by atoms with Gasteiger partial charge in [0, 0.05) is 0 Å². The van der Waals surface area contributed by atoms with Crippen molar-refractivity contribution in [1.29, 1.82) is 0 Å². The lowest BCUT2D eigenvalue weighted by Crippen LogP contribution is -2.04. The quantitative estimate of drug-likeness (QED) is 0.426. The summed E-state index contributed by atoms with van der Waals surface area (Å²) in [5, 5.41) is 0. The SMILES string of the molecule is C[CH]C(=O)OCCCl. The highest BCUT2D eigenvalue weighted by Crippen LogP contribution is 1.83. The van der Waals surface area contributed by atoms with Crippen LogP contribution in [0.5, 0.6) is 0 Å². The molecule has 8 heavy (non-hydrogen) atoms. The van der Waals surface area contributed by atoms with E-state index in [1.54, 1.807) is 6.92 Å². The van der Waals surface area contributed by atoms with Crippen LogP contribution in [0, 0.1) is 6.42 Å². The fourth-order valence-corrected chi connectivity index (χ4v) is 0.300. The third-order valence-electron chi connectivity index (χ3n) is 0.557. The van der Waals surface area contributed by atoms with Crippen LogP contribution in [-0.2, 0) is 9.53 Å². The average molecular weight is 136 g/mol. The molecule has 0 saturated carbocycles. The summed E-state index contributed by atoms with van der Waals surface area (Å²) in [7, 11) is 0. The molecule has 0 unspecified atom stereocenters. The van der Waals surface area contributed by atoms with Crippen LogP contribution >= 0.6 is 11.6 Å². The zero-order chi connectivity index (χ0) is 6.41. The van der Waals surface area contributed by atoms with Crippen LogP contribution in [0.3, 0.4) is 0 Å². The Balaban J connectivity index is 2.99. The summed E-state index contributed by atoms with van der Waals surface area (Å²) >= 11 is 5.21. The van der Waals surface area contributed by atoms with Crippen LogP contribution in [0.2, 0.25) is 0 Å². The topological polar surface area (TPSA) is 26.3 Å². The molecule has 0 aromatic rings. The first-order valence-electron chi connectivity index (χ1n) is 2.33. The van der Waals surface area contributed by atoms with Gasteiger partial charge in [-0.25, -0.2) is 0 Å². The van der Waals surface area contributed by atoms with Crippen LogP contribution in [-0.4, -0.2) is 18.5 Å². The number of alkyl halides is 1. The maximum Gasteiger partial charge on any atom is 0.309 e. The molecule has 0 rings (SSSR count). The minimum atomic E-state index is -0.314. The van der Waals surface area contributed by atoms with Gasteiger partial charge >= 0.3 is 5.97 Å². The second-order valence-electron chi connectivity index (χ2n) is 1.15. The summed E-state index contributed by atoms with van der Waals surface area (Å²) in [5.41, 5.74) is 0. The number of hydrogen-bond donors (Lipinski definition) is 0. The molecule has 0 bridgehead atoms. The van der Waals surface area contributed by atoms with Gasteiger partial charge in [0.25, 0.3) is 0 Å². The molecular formula is C5H8ClO2. The zero-order valence-electron chi connectivity index (χ0n) is 4.69. The van der Waals surface area contributed by atoms with E-state index < -0.39 is 0 Å². The van der Waals surface area contributed by atoms with Crippen molar-refractivity contribution in [3.63, 3.8) is 0 Å². The molecule has 0 fully saturated rings. The molecule has 0 saturated heterocycles. The lowest BCUT2D eigenvalue weighted by atomic mass is 10.5. The maximum atomic E-state index is 10.2. The number of halogens is 1. The van der Waals surface area contributed by atoms with Crippen molar-refractivity contribution in [1.82, 2.24) is 0 Å². The van der Waals surface area contributed by atoms with Gasteiger partial charge in [-0.3, -0.25) is 4.79 Å². The molecule has 0 heterocycles. The molecule has 0 aliphatic heterocycles. The van der Waals surface area contributed by atoms with E-state index in [1.807, 2.05) is 0 Å². The summed E-state index contributed by atoms with van der Waals surface area (Å²) < 4.78 is 4.51. The van der Waals surface area contributed by atoms with E-state index in [-0.39, 0.29) is 5.97 Å². The van der Waals surface area contributed by atoms with Crippen LogP contribution in [0.4, 0.5) is 0 Å². The smallest absolute Gasteiger partial charge is 0.309 e. The van der Waals surface area contributed by atoms with Crippen LogP contribution < -0.4 is 0 Å². The predicted molar refractivity (Wildman–Crippen MR) is 31.7 cm³/mol. The van der Waals surface area contributed by atoms with Crippen molar-refractivity contribution in [2.45, 2.75) is 6.92 Å². The minimum absolute atomic E-state index is 0.296. The summed E-state index contributed by atoms with van der Waals surface area (Å²) in [6.45, 7) is 1.92. The van der Waals surface area contributed by atoms with Gasteiger partial charge in [0.2, 0.25) is 0 Å². The molecule has 0 aliphatic rings. The molecule has 0 spiro atoms. The molecule has 1 radical (unpaired) electrons. The third kappa shape index (κ3) is 3.93. The highest BCUT2D eigenvalue weighted by Gasteiger charge is 1.94. The van der Waals surface area contributed by atoms with Gasteiger partial charge in [0.1, 0.15) is 6.61 Å². The van der Waals surface area contributed by atoms with Crippen molar-refractivity contribution < 1.29 is 9.53 Å². The van der Waals surface area contributed by atoms with E-state index in [0.29, 0.717) is 12.5 Å². The van der Waals surface area contributed by atoms with Gasteiger partial charge in [0.05, 0.1) is 12.3 Å².